The number of halogens is 2. The standard InChI is InChI=1S/C9H7ClINO/c1-13-8-3-2-7(11)6(4-5-12)9(8)10/h2-3H,4H2,1H3. The third-order valence-corrected chi connectivity index (χ3v) is 3.05. The zero-order valence-corrected chi connectivity index (χ0v) is 9.89. The van der Waals surface area contributed by atoms with Gasteiger partial charge in [0.25, 0.3) is 0 Å². The van der Waals surface area contributed by atoms with Crippen LogP contribution in [0, 0.1) is 14.9 Å². The molecule has 0 bridgehead atoms. The minimum Gasteiger partial charge on any atom is -0.495 e. The molecule has 2 nitrogen and oxygen atoms in total. The van der Waals surface area contributed by atoms with Crippen LogP contribution < -0.4 is 4.74 Å². The predicted octanol–water partition coefficient (Wildman–Crippen LogP) is 3.02. The van der Waals surface area contributed by atoms with Gasteiger partial charge in [0.05, 0.1) is 24.6 Å². The van der Waals surface area contributed by atoms with Crippen molar-refractivity contribution in [2.45, 2.75) is 6.42 Å². The molecule has 0 aliphatic rings. The predicted molar refractivity (Wildman–Crippen MR) is 60.0 cm³/mol. The van der Waals surface area contributed by atoms with E-state index in [1.807, 2.05) is 6.07 Å². The normalized spacial score (nSPS) is 9.38. The molecule has 0 saturated heterocycles. The van der Waals surface area contributed by atoms with E-state index in [9.17, 15) is 0 Å². The maximum Gasteiger partial charge on any atom is 0.137 e. The number of methoxy groups -OCH3 is 1. The summed E-state index contributed by atoms with van der Waals surface area (Å²) in [6.45, 7) is 0. The Bertz CT molecular complexity index is 359. The van der Waals surface area contributed by atoms with Gasteiger partial charge < -0.3 is 4.74 Å². The molecule has 0 amide bonds. The van der Waals surface area contributed by atoms with E-state index < -0.39 is 0 Å². The first-order valence-corrected chi connectivity index (χ1v) is 5.04. The highest BCUT2D eigenvalue weighted by atomic mass is 127. The van der Waals surface area contributed by atoms with Gasteiger partial charge in [-0.15, -0.1) is 0 Å². The Hall–Kier alpha value is -0.470. The fraction of sp³-hybridized carbons (Fsp3) is 0.222. The molecule has 1 aromatic carbocycles. The molecular formula is C9H7ClINO. The van der Waals surface area contributed by atoms with Crippen molar-refractivity contribution in [3.05, 3.63) is 26.3 Å². The van der Waals surface area contributed by atoms with Gasteiger partial charge in [-0.1, -0.05) is 11.6 Å². The fourth-order valence-electron chi connectivity index (χ4n) is 0.975. The van der Waals surface area contributed by atoms with Gasteiger partial charge in [0.2, 0.25) is 0 Å². The number of nitrogens with zero attached hydrogens (tertiary/aromatic N) is 1. The van der Waals surface area contributed by atoms with Crippen molar-refractivity contribution in [1.82, 2.24) is 0 Å². The second-order valence-corrected chi connectivity index (χ2v) is 3.92. The summed E-state index contributed by atoms with van der Waals surface area (Å²) in [5.41, 5.74) is 0.837. The van der Waals surface area contributed by atoms with Gasteiger partial charge in [-0.3, -0.25) is 0 Å². The molecule has 1 rings (SSSR count). The highest BCUT2D eigenvalue weighted by molar-refractivity contribution is 14.1. The van der Waals surface area contributed by atoms with Gasteiger partial charge in [0, 0.05) is 9.13 Å². The largest absolute Gasteiger partial charge is 0.495 e. The summed E-state index contributed by atoms with van der Waals surface area (Å²) in [6.07, 6.45) is 0.314. The summed E-state index contributed by atoms with van der Waals surface area (Å²) in [5.74, 6) is 0.618. The first-order chi connectivity index (χ1) is 6.20. The minimum absolute atomic E-state index is 0.314. The number of rotatable bonds is 2. The van der Waals surface area contributed by atoms with Gasteiger partial charge in [0.1, 0.15) is 5.75 Å². The summed E-state index contributed by atoms with van der Waals surface area (Å²) in [6, 6.07) is 5.76. The van der Waals surface area contributed by atoms with Crippen molar-refractivity contribution in [3.8, 4) is 11.8 Å². The van der Waals surface area contributed by atoms with Gasteiger partial charge >= 0.3 is 0 Å². The lowest BCUT2D eigenvalue weighted by Crippen LogP contribution is -1.92. The van der Waals surface area contributed by atoms with E-state index in [0.29, 0.717) is 17.2 Å². The van der Waals surface area contributed by atoms with E-state index in [-0.39, 0.29) is 0 Å². The zero-order chi connectivity index (χ0) is 9.84. The topological polar surface area (TPSA) is 33.0 Å². The van der Waals surface area contributed by atoms with Gasteiger partial charge in [-0.05, 0) is 34.7 Å². The molecule has 68 valence electrons. The Kier molecular flexibility index (Phi) is 3.82. The van der Waals surface area contributed by atoms with Crippen molar-refractivity contribution in [2.75, 3.05) is 7.11 Å². The Morgan fingerprint density at radius 1 is 1.62 bits per heavy atom. The van der Waals surface area contributed by atoms with E-state index in [1.54, 1.807) is 13.2 Å². The second kappa shape index (κ2) is 4.68. The summed E-state index contributed by atoms with van der Waals surface area (Å²) >= 11 is 8.16. The molecule has 0 fully saturated rings. The van der Waals surface area contributed by atoms with Gasteiger partial charge in [-0.2, -0.15) is 5.26 Å². The monoisotopic (exact) mass is 307 g/mol. The van der Waals surface area contributed by atoms with Crippen molar-refractivity contribution in [2.24, 2.45) is 0 Å². The fourth-order valence-corrected chi connectivity index (χ4v) is 2.08. The summed E-state index contributed by atoms with van der Waals surface area (Å²) in [5, 5.41) is 9.12. The second-order valence-electron chi connectivity index (χ2n) is 2.38. The van der Waals surface area contributed by atoms with Crippen LogP contribution in [0.1, 0.15) is 5.56 Å². The van der Waals surface area contributed by atoms with Crippen molar-refractivity contribution < 1.29 is 4.74 Å². The number of ether oxygens (including phenoxy) is 1. The van der Waals surface area contributed by atoms with Crippen LogP contribution in [0.5, 0.6) is 5.75 Å². The number of hydrogen-bond acceptors (Lipinski definition) is 2. The average molecular weight is 308 g/mol. The maximum atomic E-state index is 8.58. The first kappa shape index (κ1) is 10.6. The number of benzene rings is 1. The van der Waals surface area contributed by atoms with Crippen LogP contribution in [0.3, 0.4) is 0 Å². The third-order valence-electron chi connectivity index (χ3n) is 1.63. The van der Waals surface area contributed by atoms with E-state index in [2.05, 4.69) is 28.7 Å². The van der Waals surface area contributed by atoms with E-state index in [4.69, 9.17) is 21.6 Å². The van der Waals surface area contributed by atoms with E-state index >= 15 is 0 Å². The molecule has 0 aliphatic carbocycles. The molecule has 13 heavy (non-hydrogen) atoms. The van der Waals surface area contributed by atoms with Gasteiger partial charge in [0.15, 0.2) is 0 Å². The molecule has 4 heteroatoms. The molecule has 0 heterocycles. The Morgan fingerprint density at radius 3 is 2.85 bits per heavy atom. The molecule has 0 spiro atoms. The Labute approximate surface area is 95.6 Å². The van der Waals surface area contributed by atoms with Crippen LogP contribution in [-0.4, -0.2) is 7.11 Å². The van der Waals surface area contributed by atoms with Crippen LogP contribution in [0.25, 0.3) is 0 Å². The van der Waals surface area contributed by atoms with Crippen LogP contribution in [-0.2, 0) is 6.42 Å². The summed E-state index contributed by atoms with van der Waals surface area (Å²) < 4.78 is 6.03. The highest BCUT2D eigenvalue weighted by Crippen LogP contribution is 2.31. The zero-order valence-electron chi connectivity index (χ0n) is 6.97. The molecule has 0 unspecified atom stereocenters. The molecule has 0 aliphatic heterocycles. The van der Waals surface area contributed by atoms with Gasteiger partial charge in [-0.25, -0.2) is 0 Å². The van der Waals surface area contributed by atoms with E-state index in [0.717, 1.165) is 9.13 Å². The SMILES string of the molecule is COc1ccc(I)c(CC#N)c1Cl. The number of hydrogen-bond donors (Lipinski definition) is 0. The van der Waals surface area contributed by atoms with Crippen LogP contribution in [0.4, 0.5) is 0 Å². The Balaban J connectivity index is 3.23. The molecule has 0 radical (unpaired) electrons. The first-order valence-electron chi connectivity index (χ1n) is 3.58. The van der Waals surface area contributed by atoms with Crippen molar-refractivity contribution >= 4 is 34.2 Å². The molecular weight excluding hydrogens is 300 g/mol. The molecule has 0 saturated carbocycles. The summed E-state index contributed by atoms with van der Waals surface area (Å²) in [7, 11) is 1.56. The molecule has 0 N–H and O–H groups in total. The molecule has 1 aromatic rings. The maximum absolute atomic E-state index is 8.58. The Morgan fingerprint density at radius 2 is 2.31 bits per heavy atom. The lowest BCUT2D eigenvalue weighted by molar-refractivity contribution is 0.414. The minimum atomic E-state index is 0.314. The smallest absolute Gasteiger partial charge is 0.137 e. The number of nitriles is 1. The molecule has 0 aromatic heterocycles. The van der Waals surface area contributed by atoms with Crippen LogP contribution in [0.2, 0.25) is 5.02 Å². The highest BCUT2D eigenvalue weighted by Gasteiger charge is 2.09. The van der Waals surface area contributed by atoms with Crippen molar-refractivity contribution in [1.29, 1.82) is 5.26 Å². The third kappa shape index (κ3) is 2.26. The summed E-state index contributed by atoms with van der Waals surface area (Å²) in [4.78, 5) is 0. The van der Waals surface area contributed by atoms with Crippen LogP contribution in [0.15, 0.2) is 12.1 Å². The lowest BCUT2D eigenvalue weighted by Gasteiger charge is -2.07. The van der Waals surface area contributed by atoms with Crippen molar-refractivity contribution in [3.63, 3.8) is 0 Å². The average Bonchev–Trinajstić information content (AvgIpc) is 2.12. The lowest BCUT2D eigenvalue weighted by atomic mass is 10.1. The van der Waals surface area contributed by atoms with Crippen LogP contribution >= 0.6 is 34.2 Å². The van der Waals surface area contributed by atoms with E-state index in [1.165, 1.54) is 0 Å². The quantitative estimate of drug-likeness (QED) is 0.787. The molecule has 0 atom stereocenters.